The van der Waals surface area contributed by atoms with Gasteiger partial charge in [-0.15, -0.1) is 0 Å². The molecule has 0 saturated carbocycles. The molecule has 0 unspecified atom stereocenters. The standard InChI is InChI=1S/C17H14F2N4S.C2H6/c1-2-3-4-5-21-10-13-7-14(11-22-13)24-23-17-8-15(18)12(9-20)6-16(17)19;1-2/h2-8,11,22-23H,1,10H2;1-2H3/b4-3-,21-5?;. The highest BCUT2D eigenvalue weighted by Crippen LogP contribution is 2.26. The zero-order chi connectivity index (χ0) is 19.4. The van der Waals surface area contributed by atoms with Crippen LogP contribution >= 0.6 is 11.9 Å². The van der Waals surface area contributed by atoms with Crippen LogP contribution in [0.2, 0.25) is 0 Å². The number of aliphatic imine (C=N–C) groups is 1. The van der Waals surface area contributed by atoms with E-state index in [-0.39, 0.29) is 11.3 Å². The molecule has 26 heavy (non-hydrogen) atoms. The fourth-order valence-corrected chi connectivity index (χ4v) is 2.44. The van der Waals surface area contributed by atoms with Gasteiger partial charge < -0.3 is 9.71 Å². The summed E-state index contributed by atoms with van der Waals surface area (Å²) in [5, 5.41) is 8.66. The largest absolute Gasteiger partial charge is 0.362 e. The molecule has 2 rings (SSSR count). The second-order valence-corrected chi connectivity index (χ2v) is 5.48. The lowest BCUT2D eigenvalue weighted by Crippen LogP contribution is -1.94. The van der Waals surface area contributed by atoms with Crippen LogP contribution in [-0.2, 0) is 6.54 Å². The van der Waals surface area contributed by atoms with Crippen molar-refractivity contribution in [1.82, 2.24) is 4.98 Å². The van der Waals surface area contributed by atoms with Gasteiger partial charge in [0.15, 0.2) is 0 Å². The zero-order valence-corrected chi connectivity index (χ0v) is 15.4. The summed E-state index contributed by atoms with van der Waals surface area (Å²) >= 11 is 1.13. The number of anilines is 1. The number of nitriles is 1. The van der Waals surface area contributed by atoms with Crippen molar-refractivity contribution in [1.29, 1.82) is 5.26 Å². The number of hydrogen-bond acceptors (Lipinski definition) is 4. The number of nitrogens with zero attached hydrogens (tertiary/aromatic N) is 2. The van der Waals surface area contributed by atoms with Gasteiger partial charge in [0.05, 0.1) is 17.8 Å². The average Bonchev–Trinajstić information content (AvgIpc) is 3.11. The Morgan fingerprint density at radius 2 is 2.04 bits per heavy atom. The lowest BCUT2D eigenvalue weighted by Gasteiger charge is -2.06. The first-order chi connectivity index (χ1) is 12.6. The van der Waals surface area contributed by atoms with Crippen molar-refractivity contribution in [3.63, 3.8) is 0 Å². The molecular weight excluding hydrogens is 354 g/mol. The fourth-order valence-electron chi connectivity index (χ4n) is 1.73. The van der Waals surface area contributed by atoms with Crippen molar-refractivity contribution in [2.24, 2.45) is 4.99 Å². The SMILES string of the molecule is C=C/C=C\C=NCc1cc(SNc2cc(F)c(C#N)cc2F)c[nH]1.CC. The van der Waals surface area contributed by atoms with Gasteiger partial charge in [0.2, 0.25) is 0 Å². The summed E-state index contributed by atoms with van der Waals surface area (Å²) in [6, 6.07) is 5.28. The zero-order valence-electron chi connectivity index (χ0n) is 14.6. The number of rotatable bonds is 7. The number of aromatic nitrogens is 1. The van der Waals surface area contributed by atoms with Gasteiger partial charge in [-0.1, -0.05) is 32.6 Å². The average molecular weight is 374 g/mol. The van der Waals surface area contributed by atoms with Crippen LogP contribution in [0.3, 0.4) is 0 Å². The van der Waals surface area contributed by atoms with Crippen molar-refractivity contribution in [3.05, 3.63) is 72.1 Å². The molecule has 4 nitrogen and oxygen atoms in total. The molecule has 2 aromatic rings. The molecule has 0 spiro atoms. The van der Waals surface area contributed by atoms with Crippen LogP contribution in [0.1, 0.15) is 25.1 Å². The minimum absolute atomic E-state index is 0.0215. The Kier molecular flexibility index (Phi) is 9.50. The summed E-state index contributed by atoms with van der Waals surface area (Å²) < 4.78 is 30.0. The quantitative estimate of drug-likeness (QED) is 0.375. The number of allylic oxidation sites excluding steroid dienone is 3. The molecule has 2 N–H and O–H groups in total. The molecule has 1 aromatic carbocycles. The van der Waals surface area contributed by atoms with Gasteiger partial charge in [-0.05, 0) is 30.2 Å². The Labute approximate surface area is 156 Å². The molecule has 7 heteroatoms. The molecular formula is C19H20F2N4S. The lowest BCUT2D eigenvalue weighted by atomic mass is 10.2. The van der Waals surface area contributed by atoms with Gasteiger partial charge in [-0.25, -0.2) is 8.78 Å². The summed E-state index contributed by atoms with van der Waals surface area (Å²) in [7, 11) is 0. The highest BCUT2D eigenvalue weighted by molar-refractivity contribution is 8.00. The van der Waals surface area contributed by atoms with Crippen LogP contribution in [0.4, 0.5) is 14.5 Å². The van der Waals surface area contributed by atoms with Crippen molar-refractivity contribution in [3.8, 4) is 6.07 Å². The maximum absolute atomic E-state index is 13.8. The predicted molar refractivity (Wildman–Crippen MR) is 104 cm³/mol. The van der Waals surface area contributed by atoms with E-state index in [1.165, 1.54) is 0 Å². The van der Waals surface area contributed by atoms with Crippen LogP contribution in [0.25, 0.3) is 0 Å². The molecule has 1 heterocycles. The van der Waals surface area contributed by atoms with E-state index in [9.17, 15) is 8.78 Å². The van der Waals surface area contributed by atoms with E-state index in [1.54, 1.807) is 36.7 Å². The predicted octanol–water partition coefficient (Wildman–Crippen LogP) is 5.62. The molecule has 136 valence electrons. The number of nitrogens with one attached hydrogen (secondary N) is 2. The normalized spacial score (nSPS) is 10.4. The maximum Gasteiger partial charge on any atom is 0.148 e. The van der Waals surface area contributed by atoms with Crippen molar-refractivity contribution in [2.45, 2.75) is 25.3 Å². The molecule has 0 fully saturated rings. The Morgan fingerprint density at radius 1 is 1.27 bits per heavy atom. The number of aromatic amines is 1. The lowest BCUT2D eigenvalue weighted by molar-refractivity contribution is 0.601. The molecule has 0 aliphatic rings. The second kappa shape index (κ2) is 11.7. The molecule has 0 aliphatic heterocycles. The van der Waals surface area contributed by atoms with Gasteiger partial charge in [0.1, 0.15) is 17.7 Å². The van der Waals surface area contributed by atoms with E-state index in [1.807, 2.05) is 19.9 Å². The molecule has 0 atom stereocenters. The number of hydrogen-bond donors (Lipinski definition) is 2. The van der Waals surface area contributed by atoms with Gasteiger partial charge in [0, 0.05) is 29.1 Å². The summed E-state index contributed by atoms with van der Waals surface area (Å²) in [5.41, 5.74) is 0.538. The third kappa shape index (κ3) is 6.57. The first kappa shape index (κ1) is 21.2. The van der Waals surface area contributed by atoms with Crippen molar-refractivity contribution in [2.75, 3.05) is 4.72 Å². The monoisotopic (exact) mass is 374 g/mol. The minimum atomic E-state index is -0.765. The molecule has 0 amide bonds. The summed E-state index contributed by atoms with van der Waals surface area (Å²) in [6.45, 7) is 8.03. The van der Waals surface area contributed by atoms with Crippen LogP contribution in [-0.4, -0.2) is 11.2 Å². The summed E-state index contributed by atoms with van der Waals surface area (Å²) in [6.07, 6.45) is 8.61. The van der Waals surface area contributed by atoms with Gasteiger partial charge >= 0.3 is 0 Å². The molecule has 0 bridgehead atoms. The van der Waals surface area contributed by atoms with E-state index in [2.05, 4.69) is 21.3 Å². The Morgan fingerprint density at radius 3 is 2.73 bits per heavy atom. The smallest absolute Gasteiger partial charge is 0.148 e. The van der Waals surface area contributed by atoms with E-state index in [0.29, 0.717) is 6.54 Å². The fraction of sp³-hybridized carbons (Fsp3) is 0.158. The number of halogens is 2. The Hall–Kier alpha value is -2.85. The Bertz CT molecular complexity index is 819. The molecule has 1 aromatic heterocycles. The molecule has 0 aliphatic carbocycles. The van der Waals surface area contributed by atoms with Crippen LogP contribution in [0.5, 0.6) is 0 Å². The topological polar surface area (TPSA) is 64.0 Å². The second-order valence-electron chi connectivity index (χ2n) is 4.60. The highest BCUT2D eigenvalue weighted by atomic mass is 32.2. The van der Waals surface area contributed by atoms with Gasteiger partial charge in [-0.2, -0.15) is 5.26 Å². The van der Waals surface area contributed by atoms with E-state index >= 15 is 0 Å². The van der Waals surface area contributed by atoms with Crippen LogP contribution < -0.4 is 4.72 Å². The first-order valence-corrected chi connectivity index (χ1v) is 8.72. The summed E-state index contributed by atoms with van der Waals surface area (Å²) in [5.74, 6) is -1.45. The number of benzene rings is 1. The van der Waals surface area contributed by atoms with Crippen LogP contribution in [0, 0.1) is 23.0 Å². The third-order valence-corrected chi connectivity index (χ3v) is 3.67. The van der Waals surface area contributed by atoms with Crippen molar-refractivity contribution >= 4 is 23.8 Å². The van der Waals surface area contributed by atoms with E-state index in [0.717, 1.165) is 34.7 Å². The maximum atomic E-state index is 13.8. The first-order valence-electron chi connectivity index (χ1n) is 7.91. The van der Waals surface area contributed by atoms with Crippen molar-refractivity contribution < 1.29 is 8.78 Å². The summed E-state index contributed by atoms with van der Waals surface area (Å²) in [4.78, 5) is 8.04. The van der Waals surface area contributed by atoms with E-state index in [4.69, 9.17) is 5.26 Å². The van der Waals surface area contributed by atoms with Crippen LogP contribution in [0.15, 0.2) is 59.1 Å². The number of H-pyrrole nitrogens is 1. The molecule has 0 radical (unpaired) electrons. The van der Waals surface area contributed by atoms with Gasteiger partial charge in [0.25, 0.3) is 0 Å². The minimum Gasteiger partial charge on any atom is -0.362 e. The highest BCUT2D eigenvalue weighted by Gasteiger charge is 2.10. The third-order valence-electron chi connectivity index (χ3n) is 2.87. The van der Waals surface area contributed by atoms with E-state index < -0.39 is 11.6 Å². The van der Waals surface area contributed by atoms with Gasteiger partial charge in [-0.3, -0.25) is 4.99 Å². The Balaban J connectivity index is 0.00000163. The molecule has 0 saturated heterocycles.